The zero-order valence-electron chi connectivity index (χ0n) is 6.89. The summed E-state index contributed by atoms with van der Waals surface area (Å²) in [4.78, 5) is 0. The summed E-state index contributed by atoms with van der Waals surface area (Å²) in [6.45, 7) is 6.18. The highest BCUT2D eigenvalue weighted by atomic mass is 14.6. The van der Waals surface area contributed by atoms with Gasteiger partial charge in [0.05, 0.1) is 0 Å². The van der Waals surface area contributed by atoms with Gasteiger partial charge in [-0.3, -0.25) is 0 Å². The molecular weight excluding hydrogens is 124 g/mol. The molecule has 0 saturated carbocycles. The van der Waals surface area contributed by atoms with Gasteiger partial charge in [0, 0.05) is 11.1 Å². The Balaban J connectivity index is 4.20. The smallest absolute Gasteiger partial charge is 0.0136 e. The minimum atomic E-state index is 0.0412. The van der Waals surface area contributed by atoms with E-state index in [1.165, 1.54) is 6.20 Å². The van der Waals surface area contributed by atoms with Gasteiger partial charge in [0.2, 0.25) is 0 Å². The summed E-state index contributed by atoms with van der Waals surface area (Å²) >= 11 is 0. The van der Waals surface area contributed by atoms with Gasteiger partial charge in [-0.25, -0.2) is 0 Å². The second kappa shape index (κ2) is 3.30. The number of rotatable bonds is 1. The fraction of sp³-hybridized carbons (Fsp3) is 0.500. The predicted octanol–water partition coefficient (Wildman–Crippen LogP) is 1.35. The van der Waals surface area contributed by atoms with Gasteiger partial charge in [0.15, 0.2) is 0 Å². The van der Waals surface area contributed by atoms with Gasteiger partial charge < -0.3 is 11.5 Å². The van der Waals surface area contributed by atoms with Crippen molar-refractivity contribution < 1.29 is 0 Å². The van der Waals surface area contributed by atoms with Crippen LogP contribution in [0.25, 0.3) is 0 Å². The Kier molecular flexibility index (Phi) is 3.00. The maximum absolute atomic E-state index is 5.69. The lowest BCUT2D eigenvalue weighted by atomic mass is 9.92. The molecule has 0 amide bonds. The standard InChI is InChI=1S/C8H16N2/c1-8(2,3)7(10)5-4-6-9/h4-6H,9-10H2,1-3H3/b6-4-,7-5-. The molecular formula is C8H16N2. The van der Waals surface area contributed by atoms with E-state index in [9.17, 15) is 0 Å². The summed E-state index contributed by atoms with van der Waals surface area (Å²) in [5.74, 6) is 0. The summed E-state index contributed by atoms with van der Waals surface area (Å²) in [6.07, 6.45) is 5.03. The molecule has 10 heavy (non-hydrogen) atoms. The number of nitrogens with two attached hydrogens (primary N) is 2. The van der Waals surface area contributed by atoms with Crippen molar-refractivity contribution in [1.82, 2.24) is 0 Å². The fourth-order valence-corrected chi connectivity index (χ4v) is 0.409. The number of hydrogen-bond donors (Lipinski definition) is 2. The van der Waals surface area contributed by atoms with Crippen molar-refractivity contribution in [3.8, 4) is 0 Å². The van der Waals surface area contributed by atoms with Gasteiger partial charge in [0.25, 0.3) is 0 Å². The largest absolute Gasteiger partial charge is 0.405 e. The molecule has 0 spiro atoms. The van der Waals surface area contributed by atoms with E-state index in [0.29, 0.717) is 0 Å². The highest BCUT2D eigenvalue weighted by Crippen LogP contribution is 2.19. The van der Waals surface area contributed by atoms with E-state index in [1.54, 1.807) is 6.08 Å². The first kappa shape index (κ1) is 9.08. The normalized spacial score (nSPS) is 14.5. The van der Waals surface area contributed by atoms with Gasteiger partial charge in [-0.2, -0.15) is 0 Å². The van der Waals surface area contributed by atoms with Crippen molar-refractivity contribution in [1.29, 1.82) is 0 Å². The second-order valence-corrected chi connectivity index (χ2v) is 3.26. The van der Waals surface area contributed by atoms with Crippen molar-refractivity contribution in [2.45, 2.75) is 20.8 Å². The van der Waals surface area contributed by atoms with Crippen LogP contribution in [-0.2, 0) is 0 Å². The summed E-state index contributed by atoms with van der Waals surface area (Å²) in [7, 11) is 0. The van der Waals surface area contributed by atoms with Crippen LogP contribution in [0.1, 0.15) is 20.8 Å². The molecule has 0 saturated heterocycles. The lowest BCUT2D eigenvalue weighted by Crippen LogP contribution is -2.16. The highest BCUT2D eigenvalue weighted by molar-refractivity contribution is 5.13. The van der Waals surface area contributed by atoms with Crippen LogP contribution in [0.15, 0.2) is 24.0 Å². The van der Waals surface area contributed by atoms with Crippen LogP contribution < -0.4 is 11.5 Å². The maximum atomic E-state index is 5.69. The van der Waals surface area contributed by atoms with Gasteiger partial charge >= 0.3 is 0 Å². The van der Waals surface area contributed by atoms with E-state index >= 15 is 0 Å². The average molecular weight is 140 g/mol. The molecule has 0 aromatic rings. The quantitative estimate of drug-likeness (QED) is 0.540. The minimum Gasteiger partial charge on any atom is -0.405 e. The monoisotopic (exact) mass is 140 g/mol. The van der Waals surface area contributed by atoms with Crippen molar-refractivity contribution in [3.63, 3.8) is 0 Å². The topological polar surface area (TPSA) is 52.0 Å². The molecule has 0 aliphatic heterocycles. The van der Waals surface area contributed by atoms with Crippen molar-refractivity contribution >= 4 is 0 Å². The molecule has 0 aromatic carbocycles. The summed E-state index contributed by atoms with van der Waals surface area (Å²) in [5, 5.41) is 0. The molecule has 0 rings (SSSR count). The van der Waals surface area contributed by atoms with Crippen LogP contribution >= 0.6 is 0 Å². The first-order valence-electron chi connectivity index (χ1n) is 3.33. The van der Waals surface area contributed by atoms with Crippen molar-refractivity contribution in [3.05, 3.63) is 24.0 Å². The van der Waals surface area contributed by atoms with Gasteiger partial charge in [-0.05, 0) is 18.4 Å². The zero-order chi connectivity index (χ0) is 8.20. The summed E-state index contributed by atoms with van der Waals surface area (Å²) in [6, 6.07) is 0. The molecule has 58 valence electrons. The van der Waals surface area contributed by atoms with Crippen LogP contribution in [0.3, 0.4) is 0 Å². The molecule has 0 unspecified atom stereocenters. The summed E-state index contributed by atoms with van der Waals surface area (Å²) < 4.78 is 0. The molecule has 0 atom stereocenters. The van der Waals surface area contributed by atoms with Gasteiger partial charge in [-0.1, -0.05) is 20.8 Å². The Hall–Kier alpha value is -0.920. The number of allylic oxidation sites excluding steroid dienone is 3. The molecule has 2 nitrogen and oxygen atoms in total. The van der Waals surface area contributed by atoms with E-state index in [-0.39, 0.29) is 5.41 Å². The highest BCUT2D eigenvalue weighted by Gasteiger charge is 2.11. The molecule has 0 fully saturated rings. The third-order valence-corrected chi connectivity index (χ3v) is 1.25. The Morgan fingerprint density at radius 1 is 1.30 bits per heavy atom. The predicted molar refractivity (Wildman–Crippen MR) is 45.1 cm³/mol. The Morgan fingerprint density at radius 3 is 2.10 bits per heavy atom. The fourth-order valence-electron chi connectivity index (χ4n) is 0.409. The van der Waals surface area contributed by atoms with Gasteiger partial charge in [-0.15, -0.1) is 0 Å². The van der Waals surface area contributed by atoms with E-state index in [4.69, 9.17) is 11.5 Å². The molecule has 0 aliphatic carbocycles. The SMILES string of the molecule is CC(C)(C)/C(N)=C/C=C\N. The Bertz CT molecular complexity index is 149. The molecule has 0 aliphatic rings. The Labute approximate surface area is 62.6 Å². The maximum Gasteiger partial charge on any atom is 0.0136 e. The van der Waals surface area contributed by atoms with Gasteiger partial charge in [0.1, 0.15) is 0 Å². The molecule has 4 N–H and O–H groups in total. The zero-order valence-corrected chi connectivity index (χ0v) is 6.89. The van der Waals surface area contributed by atoms with E-state index < -0.39 is 0 Å². The lowest BCUT2D eigenvalue weighted by molar-refractivity contribution is 0.497. The Morgan fingerprint density at radius 2 is 1.80 bits per heavy atom. The van der Waals surface area contributed by atoms with Crippen LogP contribution in [0.2, 0.25) is 0 Å². The molecule has 0 heterocycles. The minimum absolute atomic E-state index is 0.0412. The van der Waals surface area contributed by atoms with E-state index in [0.717, 1.165) is 5.70 Å². The summed E-state index contributed by atoms with van der Waals surface area (Å²) in [5.41, 5.74) is 11.7. The van der Waals surface area contributed by atoms with Crippen LogP contribution in [0, 0.1) is 5.41 Å². The molecule has 0 radical (unpaired) electrons. The molecule has 2 heteroatoms. The third kappa shape index (κ3) is 3.17. The molecule has 0 bridgehead atoms. The van der Waals surface area contributed by atoms with Crippen LogP contribution in [0.4, 0.5) is 0 Å². The number of hydrogen-bond acceptors (Lipinski definition) is 2. The van der Waals surface area contributed by atoms with E-state index in [1.807, 2.05) is 6.08 Å². The first-order valence-corrected chi connectivity index (χ1v) is 3.33. The lowest BCUT2D eigenvalue weighted by Gasteiger charge is -2.17. The average Bonchev–Trinajstić information content (AvgIpc) is 1.80. The van der Waals surface area contributed by atoms with Crippen molar-refractivity contribution in [2.24, 2.45) is 16.9 Å². The van der Waals surface area contributed by atoms with Crippen LogP contribution in [-0.4, -0.2) is 0 Å². The first-order chi connectivity index (χ1) is 4.48. The third-order valence-electron chi connectivity index (χ3n) is 1.25. The second-order valence-electron chi connectivity index (χ2n) is 3.26. The molecule has 0 aromatic heterocycles. The van der Waals surface area contributed by atoms with Crippen molar-refractivity contribution in [2.75, 3.05) is 0 Å². The van der Waals surface area contributed by atoms with E-state index in [2.05, 4.69) is 20.8 Å². The van der Waals surface area contributed by atoms with Crippen LogP contribution in [0.5, 0.6) is 0 Å².